The topological polar surface area (TPSA) is 0 Å². The van der Waals surface area contributed by atoms with Gasteiger partial charge in [-0.2, -0.15) is 43.9 Å². The highest BCUT2D eigenvalue weighted by Crippen LogP contribution is 2.58. The monoisotopic (exact) mass is 347 g/mol. The fourth-order valence-corrected chi connectivity index (χ4v) is 0.998. The molecule has 0 saturated carbocycles. The maximum Gasteiger partial charge on any atom is 0.384 e. The average Bonchev–Trinajstić information content (AvgIpc) is 2.27. The lowest BCUT2D eigenvalue weighted by molar-refractivity contribution is -0.412. The number of hydrogen-bond donors (Lipinski definition) is 0. The van der Waals surface area contributed by atoms with Gasteiger partial charge in [0.05, 0.1) is 6.42 Å². The third-order valence-corrected chi connectivity index (χ3v) is 2.27. The standard InChI is InChI=1S/C8H4F13/c9-2-1-4(12,13)6(16,17)8(20,21)7(18,19)5(14,15)3(10)11/h2-3H,1H2. The Kier molecular flexibility index (Phi) is 5.14. The largest absolute Gasteiger partial charge is 0.384 e. The highest BCUT2D eigenvalue weighted by Gasteiger charge is 2.87. The molecular weight excluding hydrogens is 343 g/mol. The average molecular weight is 347 g/mol. The van der Waals surface area contributed by atoms with Crippen LogP contribution in [-0.2, 0) is 0 Å². The predicted molar refractivity (Wildman–Crippen MR) is 40.8 cm³/mol. The van der Waals surface area contributed by atoms with E-state index in [1.54, 1.807) is 0 Å². The van der Waals surface area contributed by atoms with Crippen LogP contribution in [-0.4, -0.2) is 36.0 Å². The fourth-order valence-electron chi connectivity index (χ4n) is 0.998. The molecule has 1 radical (unpaired) electrons. The van der Waals surface area contributed by atoms with Crippen LogP contribution >= 0.6 is 0 Å². The molecule has 0 spiro atoms. The molecule has 0 unspecified atom stereocenters. The Bertz CT molecular complexity index is 357. The van der Waals surface area contributed by atoms with E-state index < -0.39 is 49.1 Å². The van der Waals surface area contributed by atoms with Gasteiger partial charge in [-0.3, -0.25) is 0 Å². The van der Waals surface area contributed by atoms with E-state index in [9.17, 15) is 57.1 Å². The van der Waals surface area contributed by atoms with E-state index in [-0.39, 0.29) is 0 Å². The second-order valence-electron chi connectivity index (χ2n) is 3.71. The van der Waals surface area contributed by atoms with Crippen LogP contribution in [0.2, 0.25) is 0 Å². The van der Waals surface area contributed by atoms with E-state index >= 15 is 0 Å². The normalized spacial score (nSPS) is 15.7. The van der Waals surface area contributed by atoms with Gasteiger partial charge in [-0.05, 0) is 0 Å². The number of halogens is 13. The lowest BCUT2D eigenvalue weighted by Gasteiger charge is -2.38. The molecule has 0 aromatic carbocycles. The number of hydrogen-bond acceptors (Lipinski definition) is 0. The summed E-state index contributed by atoms with van der Waals surface area (Å²) in [5, 5.41) is 0. The molecule has 0 saturated heterocycles. The van der Waals surface area contributed by atoms with Gasteiger partial charge in [0, 0.05) is 0 Å². The summed E-state index contributed by atoms with van der Waals surface area (Å²) in [6, 6.07) is 0. The molecule has 0 rings (SSSR count). The zero-order valence-electron chi connectivity index (χ0n) is 9.28. The van der Waals surface area contributed by atoms with Crippen LogP contribution in [0.15, 0.2) is 0 Å². The summed E-state index contributed by atoms with van der Waals surface area (Å²) >= 11 is 0. The van der Waals surface area contributed by atoms with Gasteiger partial charge >= 0.3 is 36.0 Å². The third-order valence-electron chi connectivity index (χ3n) is 2.27. The minimum absolute atomic E-state index is 1.31. The van der Waals surface area contributed by atoms with Crippen LogP contribution in [0.4, 0.5) is 57.1 Å². The molecule has 0 bridgehead atoms. The first-order chi connectivity index (χ1) is 9.00. The van der Waals surface area contributed by atoms with Crippen molar-refractivity contribution >= 4 is 0 Å². The van der Waals surface area contributed by atoms with Gasteiger partial charge in [0.1, 0.15) is 6.67 Å². The minimum Gasteiger partial charge on any atom is -0.244 e. The lowest BCUT2D eigenvalue weighted by atomic mass is 9.93. The molecule has 0 N–H and O–H groups in total. The van der Waals surface area contributed by atoms with Crippen molar-refractivity contribution in [3.8, 4) is 0 Å². The summed E-state index contributed by atoms with van der Waals surface area (Å²) in [6.07, 6.45) is -8.37. The van der Waals surface area contributed by atoms with E-state index in [4.69, 9.17) is 0 Å². The summed E-state index contributed by atoms with van der Waals surface area (Å²) in [7, 11) is 0. The van der Waals surface area contributed by atoms with Crippen LogP contribution in [0.5, 0.6) is 0 Å². The Labute approximate surface area is 107 Å². The van der Waals surface area contributed by atoms with Gasteiger partial charge in [0.25, 0.3) is 0 Å². The quantitative estimate of drug-likeness (QED) is 0.572. The van der Waals surface area contributed by atoms with Crippen LogP contribution in [0.3, 0.4) is 0 Å². The van der Waals surface area contributed by atoms with Crippen LogP contribution in [0.1, 0.15) is 6.42 Å². The van der Waals surface area contributed by atoms with E-state index in [1.807, 2.05) is 0 Å². The molecule has 0 aromatic heterocycles. The van der Waals surface area contributed by atoms with E-state index in [2.05, 4.69) is 0 Å². The van der Waals surface area contributed by atoms with Crippen LogP contribution < -0.4 is 0 Å². The highest BCUT2D eigenvalue weighted by molar-refractivity contribution is 5.09. The Morgan fingerprint density at radius 2 is 1.05 bits per heavy atom. The second kappa shape index (κ2) is 5.38. The van der Waals surface area contributed by atoms with E-state index in [0.717, 1.165) is 0 Å². The van der Waals surface area contributed by atoms with Crippen molar-refractivity contribution in [3.63, 3.8) is 0 Å². The second-order valence-corrected chi connectivity index (χ2v) is 3.71. The molecule has 13 heteroatoms. The Hall–Kier alpha value is -0.910. The first-order valence-electron chi connectivity index (χ1n) is 4.59. The predicted octanol–water partition coefficient (Wildman–Crippen LogP) is 4.95. The highest BCUT2D eigenvalue weighted by atomic mass is 19.4. The van der Waals surface area contributed by atoms with Gasteiger partial charge in [0.2, 0.25) is 0 Å². The number of rotatable bonds is 7. The summed E-state index contributed by atoms with van der Waals surface area (Å²) < 4.78 is 160. The van der Waals surface area contributed by atoms with Gasteiger partial charge in [-0.15, -0.1) is 0 Å². The zero-order chi connectivity index (χ0) is 17.5. The van der Waals surface area contributed by atoms with Crippen LogP contribution in [0.25, 0.3) is 0 Å². The molecule has 127 valence electrons. The van der Waals surface area contributed by atoms with Crippen LogP contribution in [0, 0.1) is 6.67 Å². The summed E-state index contributed by atoms with van der Waals surface area (Å²) in [5.74, 6) is -35.6. The fraction of sp³-hybridized carbons (Fsp3) is 0.875. The minimum atomic E-state index is -7.59. The SMILES string of the molecule is F[CH]CC(F)(F)C(F)(F)C(F)(F)C(F)(F)C(F)(F)C(F)F. The van der Waals surface area contributed by atoms with Gasteiger partial charge < -0.3 is 0 Å². The summed E-state index contributed by atoms with van der Waals surface area (Å²) in [6.45, 7) is -1.31. The van der Waals surface area contributed by atoms with Crippen molar-refractivity contribution in [2.75, 3.05) is 0 Å². The van der Waals surface area contributed by atoms with Crippen molar-refractivity contribution in [2.45, 2.75) is 42.5 Å². The molecule has 0 aliphatic heterocycles. The smallest absolute Gasteiger partial charge is 0.244 e. The molecule has 0 nitrogen and oxygen atoms in total. The van der Waals surface area contributed by atoms with Crippen molar-refractivity contribution < 1.29 is 57.1 Å². The molecule has 0 aliphatic carbocycles. The van der Waals surface area contributed by atoms with Gasteiger partial charge in [-0.25, -0.2) is 13.2 Å². The van der Waals surface area contributed by atoms with Crippen molar-refractivity contribution in [1.82, 2.24) is 0 Å². The first kappa shape index (κ1) is 20.1. The first-order valence-corrected chi connectivity index (χ1v) is 4.59. The Morgan fingerprint density at radius 1 is 0.667 bits per heavy atom. The number of alkyl halides is 12. The lowest BCUT2D eigenvalue weighted by Crippen LogP contribution is -2.68. The van der Waals surface area contributed by atoms with Crippen molar-refractivity contribution in [3.05, 3.63) is 6.67 Å². The van der Waals surface area contributed by atoms with E-state index in [1.165, 1.54) is 0 Å². The van der Waals surface area contributed by atoms with E-state index in [0.29, 0.717) is 0 Å². The molecule has 0 fully saturated rings. The molecule has 21 heavy (non-hydrogen) atoms. The molecule has 0 heterocycles. The van der Waals surface area contributed by atoms with Crippen molar-refractivity contribution in [2.24, 2.45) is 0 Å². The summed E-state index contributed by atoms with van der Waals surface area (Å²) in [4.78, 5) is 0. The zero-order valence-corrected chi connectivity index (χ0v) is 9.28. The Balaban J connectivity index is 5.96. The van der Waals surface area contributed by atoms with Gasteiger partial charge in [-0.1, -0.05) is 0 Å². The third kappa shape index (κ3) is 2.74. The molecule has 0 amide bonds. The maximum absolute atomic E-state index is 12.7. The Morgan fingerprint density at radius 3 is 1.33 bits per heavy atom. The molecule has 0 atom stereocenters. The maximum atomic E-state index is 12.7. The summed E-state index contributed by atoms with van der Waals surface area (Å²) in [5.41, 5.74) is 0. The molecule has 0 aromatic rings. The molecule has 0 aliphatic rings. The molecular formula is C8H4F13. The van der Waals surface area contributed by atoms with Gasteiger partial charge in [0.15, 0.2) is 0 Å². The van der Waals surface area contributed by atoms with Crippen molar-refractivity contribution in [1.29, 1.82) is 0 Å².